The fourth-order valence-electron chi connectivity index (χ4n) is 2.73. The monoisotopic (exact) mass is 390 g/mol. The van der Waals surface area contributed by atoms with Crippen molar-refractivity contribution in [3.8, 4) is 0 Å². The lowest BCUT2D eigenvalue weighted by molar-refractivity contribution is -0.374. The number of para-hydroxylation sites is 1. The molecule has 0 amide bonds. The number of hydrogen-bond donors (Lipinski definition) is 0. The average Bonchev–Trinajstić information content (AvgIpc) is 3.11. The van der Waals surface area contributed by atoms with Gasteiger partial charge in [0.25, 0.3) is 5.70 Å². The Morgan fingerprint density at radius 2 is 1.44 bits per heavy atom. The van der Waals surface area contributed by atoms with E-state index in [0.29, 0.717) is 10.5 Å². The van der Waals surface area contributed by atoms with Crippen molar-refractivity contribution in [2.75, 3.05) is 0 Å². The van der Waals surface area contributed by atoms with Crippen LogP contribution >= 0.6 is 23.1 Å². The summed E-state index contributed by atoms with van der Waals surface area (Å²) in [7, 11) is 0. The maximum atomic E-state index is 12.0. The molecule has 4 nitrogen and oxygen atoms in total. The third-order valence-corrected chi connectivity index (χ3v) is 6.17. The van der Waals surface area contributed by atoms with E-state index in [1.807, 2.05) is 72.8 Å². The summed E-state index contributed by atoms with van der Waals surface area (Å²) >= 11 is 2.88. The summed E-state index contributed by atoms with van der Waals surface area (Å²) in [5.74, 6) is 0. The first-order valence-corrected chi connectivity index (χ1v) is 9.88. The van der Waals surface area contributed by atoms with Crippen LogP contribution in [0.3, 0.4) is 0 Å². The van der Waals surface area contributed by atoms with Crippen LogP contribution in [0.2, 0.25) is 0 Å². The van der Waals surface area contributed by atoms with Gasteiger partial charge in [-0.05, 0) is 29.8 Å². The minimum absolute atomic E-state index is 0.0889. The minimum Gasteiger partial charge on any atom is -0.258 e. The quantitative estimate of drug-likeness (QED) is 0.176. The van der Waals surface area contributed by atoms with E-state index in [1.165, 1.54) is 23.1 Å². The Bertz CT molecular complexity index is 1090. The first-order valence-electron chi connectivity index (χ1n) is 8.25. The topological polar surface area (TPSA) is 56.0 Å². The highest BCUT2D eigenvalue weighted by molar-refractivity contribution is 8.10. The molecule has 0 spiro atoms. The van der Waals surface area contributed by atoms with Crippen LogP contribution in [-0.4, -0.2) is 9.91 Å². The van der Waals surface area contributed by atoms with E-state index in [4.69, 9.17) is 0 Å². The number of aromatic nitrogens is 1. The number of fused-ring (bicyclic) bond motifs is 1. The van der Waals surface area contributed by atoms with Gasteiger partial charge in [0.1, 0.15) is 4.91 Å². The molecule has 0 atom stereocenters. The van der Waals surface area contributed by atoms with Gasteiger partial charge >= 0.3 is 0 Å². The zero-order chi connectivity index (χ0) is 18.6. The molecule has 6 heteroatoms. The first-order chi connectivity index (χ1) is 13.2. The second-order valence-electron chi connectivity index (χ2n) is 5.72. The van der Waals surface area contributed by atoms with Crippen molar-refractivity contribution in [1.29, 1.82) is 0 Å². The summed E-state index contributed by atoms with van der Waals surface area (Å²) in [5.41, 5.74) is 2.37. The summed E-state index contributed by atoms with van der Waals surface area (Å²) in [6, 6.07) is 26.3. The number of hydrogen-bond acceptors (Lipinski definition) is 5. The van der Waals surface area contributed by atoms with Gasteiger partial charge in [0, 0.05) is 0 Å². The number of benzene rings is 3. The SMILES string of the molecule is O=[N+]([O-])C(=C(Sc1nc2ccccc2s1)c1ccccc1)c1ccccc1. The van der Waals surface area contributed by atoms with E-state index >= 15 is 0 Å². The molecule has 0 unspecified atom stereocenters. The van der Waals surface area contributed by atoms with Crippen LogP contribution in [0.4, 0.5) is 0 Å². The molecule has 0 fully saturated rings. The molecule has 0 aliphatic heterocycles. The van der Waals surface area contributed by atoms with Gasteiger partial charge in [-0.2, -0.15) is 0 Å². The smallest absolute Gasteiger partial charge is 0.258 e. The van der Waals surface area contributed by atoms with Crippen LogP contribution in [0.25, 0.3) is 20.8 Å². The molecule has 1 heterocycles. The highest BCUT2D eigenvalue weighted by atomic mass is 32.2. The second-order valence-corrected chi connectivity index (χ2v) is 8.00. The highest BCUT2D eigenvalue weighted by Gasteiger charge is 2.24. The van der Waals surface area contributed by atoms with Crippen LogP contribution in [0.5, 0.6) is 0 Å². The molecule has 0 saturated carbocycles. The van der Waals surface area contributed by atoms with Gasteiger partial charge in [-0.1, -0.05) is 72.4 Å². The molecule has 132 valence electrons. The number of thiazole rings is 1. The van der Waals surface area contributed by atoms with Gasteiger partial charge in [0.15, 0.2) is 4.34 Å². The second kappa shape index (κ2) is 7.73. The van der Waals surface area contributed by atoms with Gasteiger partial charge < -0.3 is 0 Å². The number of nitrogens with zero attached hydrogens (tertiary/aromatic N) is 2. The zero-order valence-corrected chi connectivity index (χ0v) is 15.7. The lowest BCUT2D eigenvalue weighted by Gasteiger charge is -2.08. The van der Waals surface area contributed by atoms with E-state index in [0.717, 1.165) is 20.1 Å². The lowest BCUT2D eigenvalue weighted by Crippen LogP contribution is -2.01. The molecule has 0 bridgehead atoms. The maximum Gasteiger partial charge on any atom is 0.291 e. The third-order valence-electron chi connectivity index (χ3n) is 3.94. The Morgan fingerprint density at radius 1 is 0.852 bits per heavy atom. The normalized spacial score (nSPS) is 12.0. The molecule has 27 heavy (non-hydrogen) atoms. The van der Waals surface area contributed by atoms with Crippen molar-refractivity contribution in [2.24, 2.45) is 0 Å². The van der Waals surface area contributed by atoms with Crippen LogP contribution in [0.1, 0.15) is 11.1 Å². The fraction of sp³-hybridized carbons (Fsp3) is 0. The highest BCUT2D eigenvalue weighted by Crippen LogP contribution is 2.42. The molecule has 0 aliphatic carbocycles. The number of thioether (sulfide) groups is 1. The van der Waals surface area contributed by atoms with Gasteiger partial charge in [-0.15, -0.1) is 11.3 Å². The van der Waals surface area contributed by atoms with Crippen molar-refractivity contribution in [3.63, 3.8) is 0 Å². The molecule has 0 radical (unpaired) electrons. The third kappa shape index (κ3) is 3.77. The van der Waals surface area contributed by atoms with Crippen LogP contribution < -0.4 is 0 Å². The van der Waals surface area contributed by atoms with Crippen molar-refractivity contribution >= 4 is 43.9 Å². The van der Waals surface area contributed by atoms with Crippen molar-refractivity contribution < 1.29 is 4.92 Å². The molecule has 3 aromatic carbocycles. The van der Waals surface area contributed by atoms with Gasteiger partial charge in [-0.25, -0.2) is 4.98 Å². The standard InChI is InChI=1S/C21H14N2O2S2/c24-23(25)19(15-9-3-1-4-10-15)20(16-11-5-2-6-12-16)27-21-22-17-13-7-8-14-18(17)26-21/h1-14H. The van der Waals surface area contributed by atoms with Crippen molar-refractivity contribution in [3.05, 3.63) is 106 Å². The maximum absolute atomic E-state index is 12.0. The number of rotatable bonds is 5. The van der Waals surface area contributed by atoms with E-state index in [1.54, 1.807) is 12.1 Å². The zero-order valence-electron chi connectivity index (χ0n) is 14.1. The van der Waals surface area contributed by atoms with Crippen LogP contribution in [-0.2, 0) is 0 Å². The average molecular weight is 390 g/mol. The Balaban J connectivity index is 1.89. The molecule has 0 N–H and O–H groups in total. The predicted octanol–water partition coefficient (Wildman–Crippen LogP) is 6.19. The molecule has 1 aromatic heterocycles. The molecule has 0 saturated heterocycles. The number of nitro groups is 1. The first kappa shape index (κ1) is 17.5. The Morgan fingerprint density at radius 3 is 2.07 bits per heavy atom. The Kier molecular flexibility index (Phi) is 5.00. The van der Waals surface area contributed by atoms with E-state index in [2.05, 4.69) is 4.98 Å². The van der Waals surface area contributed by atoms with Gasteiger partial charge in [-0.3, -0.25) is 10.1 Å². The van der Waals surface area contributed by atoms with Crippen LogP contribution in [0, 0.1) is 10.1 Å². The lowest BCUT2D eigenvalue weighted by atomic mass is 10.1. The molecule has 0 aliphatic rings. The summed E-state index contributed by atoms with van der Waals surface area (Å²) < 4.78 is 1.85. The minimum atomic E-state index is -0.308. The van der Waals surface area contributed by atoms with Crippen molar-refractivity contribution in [2.45, 2.75) is 4.34 Å². The van der Waals surface area contributed by atoms with Gasteiger partial charge in [0.2, 0.25) is 0 Å². The molecule has 4 rings (SSSR count). The summed E-state index contributed by atoms with van der Waals surface area (Å²) in [6.07, 6.45) is 0. The predicted molar refractivity (Wildman–Crippen MR) is 112 cm³/mol. The molecular formula is C21H14N2O2S2. The summed E-state index contributed by atoms with van der Waals surface area (Å²) in [4.78, 5) is 16.9. The van der Waals surface area contributed by atoms with E-state index in [-0.39, 0.29) is 10.6 Å². The summed E-state index contributed by atoms with van der Waals surface area (Å²) in [6.45, 7) is 0. The van der Waals surface area contributed by atoms with E-state index in [9.17, 15) is 10.1 Å². The largest absolute Gasteiger partial charge is 0.291 e. The Labute approximate surface area is 164 Å². The molecule has 4 aromatic rings. The van der Waals surface area contributed by atoms with Crippen molar-refractivity contribution in [1.82, 2.24) is 4.98 Å². The Hall–Kier alpha value is -2.96. The fourth-order valence-corrected chi connectivity index (χ4v) is 4.98. The summed E-state index contributed by atoms with van der Waals surface area (Å²) in [5, 5.41) is 12.0. The van der Waals surface area contributed by atoms with E-state index < -0.39 is 0 Å². The van der Waals surface area contributed by atoms with Gasteiger partial charge in [0.05, 0.1) is 20.7 Å². The molecular weight excluding hydrogens is 376 g/mol. The van der Waals surface area contributed by atoms with Crippen LogP contribution in [0.15, 0.2) is 89.3 Å².